The topological polar surface area (TPSA) is 37.1 Å². The lowest BCUT2D eigenvalue weighted by molar-refractivity contribution is 1.38. The Labute approximate surface area is 52.5 Å². The molecule has 0 spiro atoms. The molecule has 2 heterocycles. The molecule has 0 bridgehead atoms. The SMILES string of the molecule is C1=CN=C2N=CN=C2C1. The summed E-state index contributed by atoms with van der Waals surface area (Å²) in [6, 6.07) is 0. The van der Waals surface area contributed by atoms with E-state index in [1.165, 1.54) is 0 Å². The van der Waals surface area contributed by atoms with Gasteiger partial charge in [0.05, 0.1) is 5.71 Å². The van der Waals surface area contributed by atoms with Crippen molar-refractivity contribution in [1.29, 1.82) is 0 Å². The van der Waals surface area contributed by atoms with Crippen LogP contribution in [0.4, 0.5) is 0 Å². The molecule has 0 amide bonds. The highest BCUT2D eigenvalue weighted by molar-refractivity contribution is 6.46. The van der Waals surface area contributed by atoms with Crippen LogP contribution < -0.4 is 0 Å². The van der Waals surface area contributed by atoms with Crippen molar-refractivity contribution in [3.05, 3.63) is 12.3 Å². The Morgan fingerprint density at radius 2 is 2.33 bits per heavy atom. The molecule has 2 aliphatic heterocycles. The van der Waals surface area contributed by atoms with Crippen molar-refractivity contribution in [2.24, 2.45) is 15.0 Å². The van der Waals surface area contributed by atoms with Crippen LogP contribution >= 0.6 is 0 Å². The number of rotatable bonds is 0. The predicted molar refractivity (Wildman–Crippen MR) is 37.1 cm³/mol. The van der Waals surface area contributed by atoms with Crippen molar-refractivity contribution in [2.45, 2.75) is 6.42 Å². The first-order valence-electron chi connectivity index (χ1n) is 2.79. The molecule has 0 fully saturated rings. The number of aliphatic imine (C=N–C) groups is 3. The van der Waals surface area contributed by atoms with Gasteiger partial charge in [0.2, 0.25) is 0 Å². The molecule has 0 radical (unpaired) electrons. The van der Waals surface area contributed by atoms with E-state index in [0.29, 0.717) is 0 Å². The summed E-state index contributed by atoms with van der Waals surface area (Å²) < 4.78 is 0. The van der Waals surface area contributed by atoms with Crippen molar-refractivity contribution in [1.82, 2.24) is 0 Å². The minimum Gasteiger partial charge on any atom is -0.237 e. The lowest BCUT2D eigenvalue weighted by Gasteiger charge is -1.98. The number of nitrogens with zero attached hydrogens (tertiary/aromatic N) is 3. The van der Waals surface area contributed by atoms with E-state index in [9.17, 15) is 0 Å². The normalized spacial score (nSPS) is 21.3. The molecular weight excluding hydrogens is 114 g/mol. The average Bonchev–Trinajstić information content (AvgIpc) is 2.33. The van der Waals surface area contributed by atoms with E-state index >= 15 is 0 Å². The third kappa shape index (κ3) is 0.614. The van der Waals surface area contributed by atoms with Gasteiger partial charge in [-0.25, -0.2) is 15.0 Å². The molecule has 0 aromatic carbocycles. The minimum atomic E-state index is 0.775. The minimum absolute atomic E-state index is 0.775. The summed E-state index contributed by atoms with van der Waals surface area (Å²) in [5, 5.41) is 0. The van der Waals surface area contributed by atoms with Crippen LogP contribution in [0.1, 0.15) is 6.42 Å². The maximum atomic E-state index is 4.00. The fourth-order valence-corrected chi connectivity index (χ4v) is 0.825. The highest BCUT2D eigenvalue weighted by atomic mass is 15.0. The first-order valence-corrected chi connectivity index (χ1v) is 2.79. The summed E-state index contributed by atoms with van der Waals surface area (Å²) in [7, 11) is 0. The fourth-order valence-electron chi connectivity index (χ4n) is 0.825. The molecule has 0 aromatic rings. The summed E-state index contributed by atoms with van der Waals surface area (Å²) in [5.41, 5.74) is 0.984. The van der Waals surface area contributed by atoms with Crippen LogP contribution in [0.3, 0.4) is 0 Å². The van der Waals surface area contributed by atoms with Gasteiger partial charge in [0.15, 0.2) is 5.84 Å². The summed E-state index contributed by atoms with van der Waals surface area (Å²) >= 11 is 0. The second-order valence-electron chi connectivity index (χ2n) is 1.86. The molecular formula is C6H5N3. The third-order valence-corrected chi connectivity index (χ3v) is 1.27. The molecule has 2 rings (SSSR count). The van der Waals surface area contributed by atoms with Crippen LogP contribution in [0.5, 0.6) is 0 Å². The van der Waals surface area contributed by atoms with Gasteiger partial charge in [-0.05, 0) is 0 Å². The van der Waals surface area contributed by atoms with E-state index in [0.717, 1.165) is 18.0 Å². The quantitative estimate of drug-likeness (QED) is 0.452. The van der Waals surface area contributed by atoms with Gasteiger partial charge in [-0.2, -0.15) is 0 Å². The Bertz CT molecular complexity index is 245. The van der Waals surface area contributed by atoms with Crippen LogP contribution in [-0.4, -0.2) is 17.9 Å². The van der Waals surface area contributed by atoms with Crippen LogP contribution in [0.15, 0.2) is 27.3 Å². The van der Waals surface area contributed by atoms with Crippen molar-refractivity contribution < 1.29 is 0 Å². The Kier molecular flexibility index (Phi) is 0.828. The van der Waals surface area contributed by atoms with E-state index in [1.807, 2.05) is 6.08 Å². The van der Waals surface area contributed by atoms with Gasteiger partial charge >= 0.3 is 0 Å². The summed E-state index contributed by atoms with van der Waals surface area (Å²) in [6.07, 6.45) is 6.15. The van der Waals surface area contributed by atoms with Crippen molar-refractivity contribution in [3.63, 3.8) is 0 Å². The Hall–Kier alpha value is -1.25. The zero-order valence-corrected chi connectivity index (χ0v) is 4.78. The number of fused-ring (bicyclic) bond motifs is 1. The van der Waals surface area contributed by atoms with Crippen LogP contribution in [-0.2, 0) is 0 Å². The number of allylic oxidation sites excluding steroid dienone is 1. The summed E-state index contributed by atoms with van der Waals surface area (Å²) in [4.78, 5) is 11.9. The van der Waals surface area contributed by atoms with Crippen LogP contribution in [0, 0.1) is 0 Å². The average molecular weight is 119 g/mol. The van der Waals surface area contributed by atoms with Gasteiger partial charge in [0.25, 0.3) is 0 Å². The number of hydrogen-bond acceptors (Lipinski definition) is 3. The van der Waals surface area contributed by atoms with E-state index in [2.05, 4.69) is 15.0 Å². The van der Waals surface area contributed by atoms with Gasteiger partial charge in [0, 0.05) is 12.6 Å². The molecule has 0 atom stereocenters. The molecule has 0 aliphatic carbocycles. The molecule has 0 saturated heterocycles. The molecule has 3 nitrogen and oxygen atoms in total. The van der Waals surface area contributed by atoms with E-state index in [-0.39, 0.29) is 0 Å². The molecule has 0 N–H and O–H groups in total. The first-order chi connectivity index (χ1) is 4.47. The highest BCUT2D eigenvalue weighted by Crippen LogP contribution is 2.05. The maximum absolute atomic E-state index is 4.00. The molecule has 0 unspecified atom stereocenters. The highest BCUT2D eigenvalue weighted by Gasteiger charge is 2.11. The maximum Gasteiger partial charge on any atom is 0.175 e. The summed E-state index contributed by atoms with van der Waals surface area (Å²) in [5.74, 6) is 0.775. The zero-order chi connectivity index (χ0) is 6.10. The molecule has 9 heavy (non-hydrogen) atoms. The second-order valence-corrected chi connectivity index (χ2v) is 1.86. The van der Waals surface area contributed by atoms with Crippen molar-refractivity contribution in [3.8, 4) is 0 Å². The fraction of sp³-hybridized carbons (Fsp3) is 0.167. The second kappa shape index (κ2) is 1.62. The lowest BCUT2D eigenvalue weighted by atomic mass is 10.2. The van der Waals surface area contributed by atoms with E-state index in [4.69, 9.17) is 0 Å². The first kappa shape index (κ1) is 4.61. The third-order valence-electron chi connectivity index (χ3n) is 1.27. The molecule has 3 heteroatoms. The molecule has 44 valence electrons. The van der Waals surface area contributed by atoms with Crippen molar-refractivity contribution in [2.75, 3.05) is 0 Å². The van der Waals surface area contributed by atoms with Gasteiger partial charge < -0.3 is 0 Å². The van der Waals surface area contributed by atoms with Crippen LogP contribution in [0.2, 0.25) is 0 Å². The zero-order valence-electron chi connectivity index (χ0n) is 4.78. The number of amidine groups is 1. The van der Waals surface area contributed by atoms with Gasteiger partial charge in [-0.15, -0.1) is 0 Å². The molecule has 2 aliphatic rings. The van der Waals surface area contributed by atoms with Crippen LogP contribution in [0.25, 0.3) is 0 Å². The Morgan fingerprint density at radius 3 is 3.22 bits per heavy atom. The Balaban J connectivity index is 2.46. The largest absolute Gasteiger partial charge is 0.237 e. The van der Waals surface area contributed by atoms with E-state index < -0.39 is 0 Å². The van der Waals surface area contributed by atoms with Gasteiger partial charge in [-0.3, -0.25) is 0 Å². The number of hydrogen-bond donors (Lipinski definition) is 0. The predicted octanol–water partition coefficient (Wildman–Crippen LogP) is 0.785. The molecule has 0 aromatic heterocycles. The lowest BCUT2D eigenvalue weighted by Crippen LogP contribution is -2.08. The standard InChI is InChI=1S/C6H5N3/c1-2-5-6(7-3-1)9-4-8-5/h1,3-4H,2H2. The summed E-state index contributed by atoms with van der Waals surface area (Å²) in [6.45, 7) is 0. The smallest absolute Gasteiger partial charge is 0.175 e. The van der Waals surface area contributed by atoms with Gasteiger partial charge in [-0.1, -0.05) is 6.08 Å². The van der Waals surface area contributed by atoms with Gasteiger partial charge in [0.1, 0.15) is 6.34 Å². The van der Waals surface area contributed by atoms with E-state index in [1.54, 1.807) is 12.5 Å². The monoisotopic (exact) mass is 119 g/mol. The van der Waals surface area contributed by atoms with Crippen molar-refractivity contribution >= 4 is 17.9 Å². The Morgan fingerprint density at radius 1 is 1.33 bits per heavy atom. The molecule has 0 saturated carbocycles.